The molecule has 0 aliphatic carbocycles. The molecule has 0 spiro atoms. The van der Waals surface area contributed by atoms with Crippen LogP contribution in [0, 0.1) is 5.82 Å². The number of amides is 2. The first-order valence-corrected chi connectivity index (χ1v) is 5.98. The average Bonchev–Trinajstić information content (AvgIpc) is 2.25. The van der Waals surface area contributed by atoms with E-state index < -0.39 is 18.0 Å². The molecule has 0 bridgehead atoms. The van der Waals surface area contributed by atoms with Crippen molar-refractivity contribution in [3.8, 4) is 0 Å². The molecule has 3 N–H and O–H groups in total. The van der Waals surface area contributed by atoms with Crippen LogP contribution in [-0.4, -0.2) is 37.5 Å². The zero-order valence-electron chi connectivity index (χ0n) is 9.74. The summed E-state index contributed by atoms with van der Waals surface area (Å²) in [7, 11) is 1.45. The van der Waals surface area contributed by atoms with E-state index in [9.17, 15) is 14.3 Å². The van der Waals surface area contributed by atoms with E-state index in [-0.39, 0.29) is 13.2 Å². The largest absolute Gasteiger partial charge is 0.389 e. The Morgan fingerprint density at radius 3 is 2.89 bits per heavy atom. The van der Waals surface area contributed by atoms with Crippen LogP contribution in [0.2, 0.25) is 0 Å². The van der Waals surface area contributed by atoms with Crippen molar-refractivity contribution in [1.82, 2.24) is 5.32 Å². The molecule has 0 fully saturated rings. The summed E-state index contributed by atoms with van der Waals surface area (Å²) >= 11 is 3.12. The minimum atomic E-state index is -0.778. The molecule has 0 saturated heterocycles. The fraction of sp³-hybridized carbons (Fsp3) is 0.364. The lowest BCUT2D eigenvalue weighted by Gasteiger charge is -2.11. The smallest absolute Gasteiger partial charge is 0.319 e. The van der Waals surface area contributed by atoms with E-state index in [0.717, 1.165) is 0 Å². The molecule has 1 aromatic rings. The van der Waals surface area contributed by atoms with Gasteiger partial charge in [-0.25, -0.2) is 9.18 Å². The van der Waals surface area contributed by atoms with Crippen molar-refractivity contribution in [3.05, 3.63) is 28.5 Å². The Bertz CT molecular complexity index is 397. The summed E-state index contributed by atoms with van der Waals surface area (Å²) in [6.45, 7) is 0.182. The van der Waals surface area contributed by atoms with Crippen LogP contribution in [-0.2, 0) is 4.74 Å². The highest BCUT2D eigenvalue weighted by Crippen LogP contribution is 2.18. The zero-order valence-corrected chi connectivity index (χ0v) is 11.3. The maximum Gasteiger partial charge on any atom is 0.319 e. The maximum atomic E-state index is 13.0. The molecule has 0 saturated carbocycles. The predicted molar refractivity (Wildman–Crippen MR) is 69.0 cm³/mol. The van der Waals surface area contributed by atoms with Crippen LogP contribution in [0.1, 0.15) is 0 Å². The SMILES string of the molecule is COCC(O)CNC(=O)Nc1cc(F)cc(Br)c1. The van der Waals surface area contributed by atoms with Gasteiger partial charge in [-0.3, -0.25) is 0 Å². The molecule has 7 heteroatoms. The fourth-order valence-electron chi connectivity index (χ4n) is 1.26. The van der Waals surface area contributed by atoms with E-state index in [1.165, 1.54) is 19.2 Å². The van der Waals surface area contributed by atoms with Crippen LogP contribution in [0.25, 0.3) is 0 Å². The Morgan fingerprint density at radius 2 is 2.28 bits per heavy atom. The summed E-state index contributed by atoms with van der Waals surface area (Å²) in [6, 6.07) is 3.51. The molecule has 0 aliphatic heterocycles. The average molecular weight is 321 g/mol. The Balaban J connectivity index is 2.44. The number of hydrogen-bond acceptors (Lipinski definition) is 3. The van der Waals surface area contributed by atoms with E-state index in [0.29, 0.717) is 10.2 Å². The van der Waals surface area contributed by atoms with Gasteiger partial charge in [0.2, 0.25) is 0 Å². The molecule has 1 aromatic carbocycles. The maximum absolute atomic E-state index is 13.0. The number of methoxy groups -OCH3 is 1. The molecule has 18 heavy (non-hydrogen) atoms. The molecule has 2 amide bonds. The summed E-state index contributed by atoms with van der Waals surface area (Å²) in [4.78, 5) is 11.4. The first-order chi connectivity index (χ1) is 8.51. The summed E-state index contributed by atoms with van der Waals surface area (Å²) in [5, 5.41) is 14.2. The van der Waals surface area contributed by atoms with Gasteiger partial charge in [0, 0.05) is 23.8 Å². The summed E-state index contributed by atoms with van der Waals surface area (Å²) in [5.41, 5.74) is 0.320. The minimum Gasteiger partial charge on any atom is -0.389 e. The van der Waals surface area contributed by atoms with E-state index in [1.807, 2.05) is 0 Å². The number of carbonyl (C=O) groups is 1. The molecule has 0 aliphatic rings. The molecule has 1 rings (SSSR count). The summed E-state index contributed by atoms with van der Waals surface area (Å²) in [5.74, 6) is -0.459. The van der Waals surface area contributed by atoms with Crippen LogP contribution in [0.4, 0.5) is 14.9 Å². The lowest BCUT2D eigenvalue weighted by atomic mass is 10.3. The molecule has 1 unspecified atom stereocenters. The lowest BCUT2D eigenvalue weighted by molar-refractivity contribution is 0.0663. The number of ether oxygens (including phenoxy) is 1. The monoisotopic (exact) mass is 320 g/mol. The van der Waals surface area contributed by atoms with E-state index in [1.54, 1.807) is 6.07 Å². The molecular weight excluding hydrogens is 307 g/mol. The molecule has 0 aromatic heterocycles. The standard InChI is InChI=1S/C11H14BrFN2O3/c1-18-6-10(16)5-14-11(17)15-9-3-7(12)2-8(13)4-9/h2-4,10,16H,5-6H2,1H3,(H2,14,15,17). The Labute approximate surface area is 112 Å². The van der Waals surface area contributed by atoms with Gasteiger partial charge in [0.05, 0.1) is 12.7 Å². The number of nitrogens with one attached hydrogen (secondary N) is 2. The van der Waals surface area contributed by atoms with Crippen molar-refractivity contribution < 1.29 is 19.0 Å². The van der Waals surface area contributed by atoms with Crippen LogP contribution < -0.4 is 10.6 Å². The third kappa shape index (κ3) is 5.44. The topological polar surface area (TPSA) is 70.6 Å². The van der Waals surface area contributed by atoms with Crippen molar-refractivity contribution in [1.29, 1.82) is 0 Å². The quantitative estimate of drug-likeness (QED) is 0.773. The fourth-order valence-corrected chi connectivity index (χ4v) is 1.73. The van der Waals surface area contributed by atoms with Crippen molar-refractivity contribution in [2.75, 3.05) is 25.6 Å². The van der Waals surface area contributed by atoms with Gasteiger partial charge in [0.15, 0.2) is 0 Å². The molecule has 5 nitrogen and oxygen atoms in total. The number of aliphatic hydroxyl groups excluding tert-OH is 1. The van der Waals surface area contributed by atoms with Crippen LogP contribution in [0.15, 0.2) is 22.7 Å². The second-order valence-electron chi connectivity index (χ2n) is 3.60. The van der Waals surface area contributed by atoms with Crippen molar-refractivity contribution in [2.45, 2.75) is 6.10 Å². The molecular formula is C11H14BrFN2O3. The minimum absolute atomic E-state index is 0.0517. The van der Waals surface area contributed by atoms with Gasteiger partial charge in [0.1, 0.15) is 5.82 Å². The van der Waals surface area contributed by atoms with Crippen LogP contribution >= 0.6 is 15.9 Å². The van der Waals surface area contributed by atoms with E-state index in [4.69, 9.17) is 4.74 Å². The van der Waals surface area contributed by atoms with Crippen LogP contribution in [0.3, 0.4) is 0 Å². The Morgan fingerprint density at radius 1 is 1.56 bits per heavy atom. The van der Waals surface area contributed by atoms with Gasteiger partial charge >= 0.3 is 6.03 Å². The van der Waals surface area contributed by atoms with Gasteiger partial charge in [-0.15, -0.1) is 0 Å². The van der Waals surface area contributed by atoms with Gasteiger partial charge in [-0.05, 0) is 18.2 Å². The van der Waals surface area contributed by atoms with Gasteiger partial charge in [-0.2, -0.15) is 0 Å². The highest BCUT2D eigenvalue weighted by atomic mass is 79.9. The molecule has 1 atom stereocenters. The summed E-state index contributed by atoms with van der Waals surface area (Å²) in [6.07, 6.45) is -0.778. The second-order valence-corrected chi connectivity index (χ2v) is 4.52. The first kappa shape index (κ1) is 14.9. The number of anilines is 1. The zero-order chi connectivity index (χ0) is 13.5. The number of aliphatic hydroxyl groups is 1. The third-order valence-electron chi connectivity index (χ3n) is 1.98. The number of halogens is 2. The van der Waals surface area contributed by atoms with Crippen molar-refractivity contribution in [3.63, 3.8) is 0 Å². The number of rotatable bonds is 5. The lowest BCUT2D eigenvalue weighted by Crippen LogP contribution is -2.37. The number of benzene rings is 1. The number of carbonyl (C=O) groups excluding carboxylic acids is 1. The first-order valence-electron chi connectivity index (χ1n) is 5.19. The third-order valence-corrected chi connectivity index (χ3v) is 2.44. The van der Waals surface area contributed by atoms with E-state index >= 15 is 0 Å². The normalized spacial score (nSPS) is 12.0. The van der Waals surface area contributed by atoms with Gasteiger partial charge in [0.25, 0.3) is 0 Å². The Kier molecular flexibility index (Phi) is 6.03. The summed E-state index contributed by atoms with van der Waals surface area (Å²) < 4.78 is 18.3. The number of urea groups is 1. The highest BCUT2D eigenvalue weighted by molar-refractivity contribution is 9.10. The molecule has 0 heterocycles. The Hall–Kier alpha value is -1.18. The van der Waals surface area contributed by atoms with Gasteiger partial charge in [-0.1, -0.05) is 15.9 Å². The van der Waals surface area contributed by atoms with E-state index in [2.05, 4.69) is 26.6 Å². The highest BCUT2D eigenvalue weighted by Gasteiger charge is 2.07. The second kappa shape index (κ2) is 7.30. The predicted octanol–water partition coefficient (Wildman–Crippen LogP) is 1.72. The number of hydrogen-bond donors (Lipinski definition) is 3. The van der Waals surface area contributed by atoms with Crippen molar-refractivity contribution in [2.24, 2.45) is 0 Å². The van der Waals surface area contributed by atoms with Crippen LogP contribution in [0.5, 0.6) is 0 Å². The van der Waals surface area contributed by atoms with Gasteiger partial charge < -0.3 is 20.5 Å². The van der Waals surface area contributed by atoms with Crippen molar-refractivity contribution >= 4 is 27.6 Å². The molecule has 100 valence electrons. The molecule has 0 radical (unpaired) electrons.